The summed E-state index contributed by atoms with van der Waals surface area (Å²) in [6, 6.07) is 0. The fourth-order valence-electron chi connectivity index (χ4n) is 1.49. The van der Waals surface area contributed by atoms with Gasteiger partial charge < -0.3 is 0 Å². The van der Waals surface area contributed by atoms with Crippen LogP contribution in [0.4, 0.5) is 0 Å². The van der Waals surface area contributed by atoms with Gasteiger partial charge >= 0.3 is 0 Å². The van der Waals surface area contributed by atoms with Crippen molar-refractivity contribution in [3.63, 3.8) is 0 Å². The van der Waals surface area contributed by atoms with E-state index in [9.17, 15) is 4.79 Å². The summed E-state index contributed by atoms with van der Waals surface area (Å²) < 4.78 is 2.02. The van der Waals surface area contributed by atoms with Gasteiger partial charge in [0.05, 0.1) is 5.69 Å². The van der Waals surface area contributed by atoms with E-state index < -0.39 is 0 Å². The first-order valence-corrected chi connectivity index (χ1v) is 4.93. The molecule has 0 atom stereocenters. The molecule has 0 saturated carbocycles. The smallest absolute Gasteiger partial charge is 0.194 e. The number of hydrogen-bond acceptors (Lipinski definition) is 3. The van der Waals surface area contributed by atoms with E-state index in [-0.39, 0.29) is 5.78 Å². The quantitative estimate of drug-likeness (QED) is 0.652. The van der Waals surface area contributed by atoms with Crippen LogP contribution in [0.2, 0.25) is 0 Å². The summed E-state index contributed by atoms with van der Waals surface area (Å²) in [5.74, 6) is 0.0350. The molecule has 2 aromatic rings. The highest BCUT2D eigenvalue weighted by atomic mass is 32.1. The van der Waals surface area contributed by atoms with Crippen LogP contribution in [0.5, 0.6) is 0 Å². The summed E-state index contributed by atoms with van der Waals surface area (Å²) in [6.45, 7) is 5.49. The zero-order chi connectivity index (χ0) is 9.59. The summed E-state index contributed by atoms with van der Waals surface area (Å²) in [7, 11) is 0. The average Bonchev–Trinajstić information content (AvgIpc) is 2.55. The van der Waals surface area contributed by atoms with Crippen LogP contribution in [-0.2, 0) is 0 Å². The molecule has 13 heavy (non-hydrogen) atoms. The molecule has 0 unspecified atom stereocenters. The van der Waals surface area contributed by atoms with Crippen molar-refractivity contribution in [2.45, 2.75) is 20.8 Å². The number of Topliss-reactive ketones (excluding diaryl/α,β-unsaturated/α-hetero) is 1. The van der Waals surface area contributed by atoms with E-state index in [4.69, 9.17) is 0 Å². The first-order valence-electron chi connectivity index (χ1n) is 4.05. The van der Waals surface area contributed by atoms with Gasteiger partial charge in [-0.2, -0.15) is 0 Å². The molecule has 3 nitrogen and oxygen atoms in total. The van der Waals surface area contributed by atoms with E-state index in [1.165, 1.54) is 0 Å². The molecule has 0 amide bonds. The van der Waals surface area contributed by atoms with Crippen LogP contribution in [0.15, 0.2) is 5.38 Å². The molecule has 0 aliphatic rings. The van der Waals surface area contributed by atoms with Gasteiger partial charge in [0.15, 0.2) is 10.7 Å². The second-order valence-electron chi connectivity index (χ2n) is 3.10. The number of ketones is 1. The van der Waals surface area contributed by atoms with Gasteiger partial charge in [-0.25, -0.2) is 4.98 Å². The molecule has 2 aromatic heterocycles. The summed E-state index contributed by atoms with van der Waals surface area (Å²) in [5.41, 5.74) is 2.67. The maximum absolute atomic E-state index is 11.2. The summed E-state index contributed by atoms with van der Waals surface area (Å²) in [6.07, 6.45) is 0. The van der Waals surface area contributed by atoms with Crippen molar-refractivity contribution < 1.29 is 4.79 Å². The topological polar surface area (TPSA) is 34.4 Å². The summed E-state index contributed by atoms with van der Waals surface area (Å²) in [5, 5.41) is 2.04. The van der Waals surface area contributed by atoms with E-state index in [1.54, 1.807) is 18.3 Å². The molecular weight excluding hydrogens is 184 g/mol. The van der Waals surface area contributed by atoms with Crippen LogP contribution >= 0.6 is 11.3 Å². The molecular formula is C9H10N2OS. The zero-order valence-electron chi connectivity index (χ0n) is 7.79. The third kappa shape index (κ3) is 1.09. The minimum atomic E-state index is 0.0350. The predicted octanol–water partition coefficient (Wildman–Crippen LogP) is 2.22. The molecule has 0 aliphatic heterocycles. The van der Waals surface area contributed by atoms with Crippen LogP contribution < -0.4 is 0 Å². The Morgan fingerprint density at radius 1 is 1.54 bits per heavy atom. The molecule has 0 fully saturated rings. The Morgan fingerprint density at radius 3 is 2.77 bits per heavy atom. The number of aryl methyl sites for hydroxylation is 2. The Morgan fingerprint density at radius 2 is 2.23 bits per heavy atom. The van der Waals surface area contributed by atoms with E-state index >= 15 is 0 Å². The highest BCUT2D eigenvalue weighted by molar-refractivity contribution is 7.15. The van der Waals surface area contributed by atoms with Crippen molar-refractivity contribution in [3.05, 3.63) is 22.5 Å². The van der Waals surface area contributed by atoms with Crippen molar-refractivity contribution in [2.24, 2.45) is 0 Å². The lowest BCUT2D eigenvalue weighted by molar-refractivity contribution is 0.101. The van der Waals surface area contributed by atoms with E-state index in [0.29, 0.717) is 5.69 Å². The monoisotopic (exact) mass is 194 g/mol. The highest BCUT2D eigenvalue weighted by Gasteiger charge is 2.13. The molecule has 0 spiro atoms. The maximum atomic E-state index is 11.2. The standard InChI is InChI=1S/C9H10N2OS/c1-5-4-13-9-10-8(7(3)12)6(2)11(5)9/h4H,1-3H3. The lowest BCUT2D eigenvalue weighted by Gasteiger charge is -1.94. The minimum absolute atomic E-state index is 0.0350. The molecule has 0 aromatic carbocycles. The summed E-state index contributed by atoms with van der Waals surface area (Å²) in [4.78, 5) is 16.3. The van der Waals surface area contributed by atoms with Crippen LogP contribution in [0.25, 0.3) is 4.96 Å². The first kappa shape index (κ1) is 8.44. The number of thiazole rings is 1. The van der Waals surface area contributed by atoms with E-state index in [2.05, 4.69) is 4.98 Å². The number of rotatable bonds is 1. The Bertz CT molecular complexity index is 481. The SMILES string of the molecule is CC(=O)c1nc2scc(C)n2c1C. The summed E-state index contributed by atoms with van der Waals surface area (Å²) >= 11 is 1.57. The molecule has 2 heterocycles. The number of imidazole rings is 1. The Labute approximate surface area is 80.0 Å². The van der Waals surface area contributed by atoms with Gasteiger partial charge in [-0.1, -0.05) is 0 Å². The van der Waals surface area contributed by atoms with Gasteiger partial charge in [0.1, 0.15) is 5.69 Å². The Kier molecular flexibility index (Phi) is 1.73. The number of nitrogens with zero attached hydrogens (tertiary/aromatic N) is 2. The molecule has 2 rings (SSSR count). The van der Waals surface area contributed by atoms with Gasteiger partial charge in [-0.3, -0.25) is 9.20 Å². The maximum Gasteiger partial charge on any atom is 0.194 e. The van der Waals surface area contributed by atoms with Crippen LogP contribution in [-0.4, -0.2) is 15.2 Å². The van der Waals surface area contributed by atoms with E-state index in [1.807, 2.05) is 23.6 Å². The van der Waals surface area contributed by atoms with Crippen molar-refractivity contribution in [1.82, 2.24) is 9.38 Å². The predicted molar refractivity (Wildman–Crippen MR) is 52.5 cm³/mol. The van der Waals surface area contributed by atoms with Gasteiger partial charge in [-0.05, 0) is 13.8 Å². The largest absolute Gasteiger partial charge is 0.293 e. The molecule has 0 aliphatic carbocycles. The highest BCUT2D eigenvalue weighted by Crippen LogP contribution is 2.20. The molecule has 4 heteroatoms. The third-order valence-corrected chi connectivity index (χ3v) is 3.04. The number of aromatic nitrogens is 2. The molecule has 0 N–H and O–H groups in total. The van der Waals surface area contributed by atoms with Crippen LogP contribution in [0.1, 0.15) is 28.8 Å². The lowest BCUT2D eigenvalue weighted by Crippen LogP contribution is -1.96. The molecule has 0 radical (unpaired) electrons. The van der Waals surface area contributed by atoms with Crippen molar-refractivity contribution in [3.8, 4) is 0 Å². The number of fused-ring (bicyclic) bond motifs is 1. The number of carbonyl (C=O) groups excluding carboxylic acids is 1. The van der Waals surface area contributed by atoms with Gasteiger partial charge in [-0.15, -0.1) is 11.3 Å². The second kappa shape index (κ2) is 2.67. The average molecular weight is 194 g/mol. The normalized spacial score (nSPS) is 11.0. The number of carbonyl (C=O) groups is 1. The first-order chi connectivity index (χ1) is 6.11. The van der Waals surface area contributed by atoms with Crippen molar-refractivity contribution >= 4 is 22.1 Å². The Hall–Kier alpha value is -1.16. The fourth-order valence-corrected chi connectivity index (χ4v) is 2.41. The van der Waals surface area contributed by atoms with E-state index in [0.717, 1.165) is 16.3 Å². The fraction of sp³-hybridized carbons (Fsp3) is 0.333. The van der Waals surface area contributed by atoms with Gasteiger partial charge in [0, 0.05) is 18.0 Å². The van der Waals surface area contributed by atoms with Crippen molar-refractivity contribution in [1.29, 1.82) is 0 Å². The Balaban J connectivity index is 2.82. The van der Waals surface area contributed by atoms with Crippen LogP contribution in [0.3, 0.4) is 0 Å². The number of hydrogen-bond donors (Lipinski definition) is 0. The third-order valence-electron chi connectivity index (χ3n) is 2.10. The minimum Gasteiger partial charge on any atom is -0.293 e. The van der Waals surface area contributed by atoms with Gasteiger partial charge in [0.2, 0.25) is 0 Å². The molecule has 0 saturated heterocycles. The van der Waals surface area contributed by atoms with Crippen molar-refractivity contribution in [2.75, 3.05) is 0 Å². The van der Waals surface area contributed by atoms with Crippen LogP contribution in [0, 0.1) is 13.8 Å². The lowest BCUT2D eigenvalue weighted by atomic mass is 10.2. The van der Waals surface area contributed by atoms with Gasteiger partial charge in [0.25, 0.3) is 0 Å². The molecule has 0 bridgehead atoms. The molecule has 68 valence electrons. The second-order valence-corrected chi connectivity index (χ2v) is 3.93. The zero-order valence-corrected chi connectivity index (χ0v) is 8.60.